The summed E-state index contributed by atoms with van der Waals surface area (Å²) in [5.74, 6) is -0.999. The molecule has 5 nitrogen and oxygen atoms in total. The molecule has 2 aromatic rings. The van der Waals surface area contributed by atoms with Gasteiger partial charge in [0.2, 0.25) is 0 Å². The van der Waals surface area contributed by atoms with Crippen LogP contribution in [0.4, 0.5) is 4.39 Å². The predicted octanol–water partition coefficient (Wildman–Crippen LogP) is 4.03. The van der Waals surface area contributed by atoms with Crippen molar-refractivity contribution in [2.45, 2.75) is 78.2 Å². The van der Waals surface area contributed by atoms with Gasteiger partial charge in [0.25, 0.3) is 5.91 Å². The van der Waals surface area contributed by atoms with Crippen LogP contribution in [0.5, 0.6) is 0 Å². The average Bonchev–Trinajstić information content (AvgIpc) is 2.97. The summed E-state index contributed by atoms with van der Waals surface area (Å²) in [5.41, 5.74) is 10.4. The lowest BCUT2D eigenvalue weighted by atomic mass is 9.76. The predicted molar refractivity (Wildman–Crippen MR) is 114 cm³/mol. The Bertz CT molecular complexity index is 971. The summed E-state index contributed by atoms with van der Waals surface area (Å²) >= 11 is 0. The third-order valence-corrected chi connectivity index (χ3v) is 6.96. The Morgan fingerprint density at radius 3 is 2.67 bits per heavy atom. The Balaban J connectivity index is 1.75. The molecule has 1 aromatic carbocycles. The number of hydrogen-bond acceptors (Lipinski definition) is 3. The standard InChI is InChI=1S/C24H32FN3O2/c1-14-19-8-9-24(2,3)13-21(19)28(27-14)17-11-16(22(23(26)30)20(25)12-17)10-15-4-6-18(29)7-5-15/h11-12,15,18,29H,4-10,13H2,1-3H3,(H2,26,30). The molecule has 2 aliphatic carbocycles. The average molecular weight is 414 g/mol. The number of halogens is 1. The van der Waals surface area contributed by atoms with E-state index in [1.165, 1.54) is 11.6 Å². The van der Waals surface area contributed by atoms with Crippen LogP contribution >= 0.6 is 0 Å². The van der Waals surface area contributed by atoms with Crippen molar-refractivity contribution in [2.75, 3.05) is 0 Å². The van der Waals surface area contributed by atoms with E-state index in [1.54, 1.807) is 0 Å². The van der Waals surface area contributed by atoms with Gasteiger partial charge in [0.15, 0.2) is 0 Å². The number of aliphatic hydroxyl groups excluding tert-OH is 1. The SMILES string of the molecule is Cc1nn(-c2cc(F)c(C(N)=O)c(CC3CCC(O)CC3)c2)c2c1CCC(C)(C)C2. The van der Waals surface area contributed by atoms with Gasteiger partial charge in [-0.2, -0.15) is 5.10 Å². The molecule has 0 spiro atoms. The fourth-order valence-corrected chi connectivity index (χ4v) is 5.20. The zero-order chi connectivity index (χ0) is 21.6. The molecule has 4 rings (SSSR count). The summed E-state index contributed by atoms with van der Waals surface area (Å²) in [6, 6.07) is 3.28. The maximum atomic E-state index is 15.1. The summed E-state index contributed by atoms with van der Waals surface area (Å²) in [6.07, 6.45) is 6.56. The number of benzene rings is 1. The van der Waals surface area contributed by atoms with Gasteiger partial charge in [-0.1, -0.05) is 13.8 Å². The van der Waals surface area contributed by atoms with E-state index in [0.717, 1.165) is 56.3 Å². The molecule has 0 unspecified atom stereocenters. The Morgan fingerprint density at radius 1 is 1.30 bits per heavy atom. The number of nitrogens with two attached hydrogens (primary N) is 1. The lowest BCUT2D eigenvalue weighted by molar-refractivity contribution is 0.0990. The third kappa shape index (κ3) is 4.02. The zero-order valence-electron chi connectivity index (χ0n) is 18.2. The van der Waals surface area contributed by atoms with Gasteiger partial charge in [0, 0.05) is 11.8 Å². The fraction of sp³-hybridized carbons (Fsp3) is 0.583. The number of nitrogens with zero attached hydrogens (tertiary/aromatic N) is 2. The first-order valence-corrected chi connectivity index (χ1v) is 11.0. The van der Waals surface area contributed by atoms with Gasteiger partial charge in [-0.05, 0) is 86.8 Å². The Kier molecular flexibility index (Phi) is 5.47. The lowest BCUT2D eigenvalue weighted by Gasteiger charge is -2.30. The molecule has 0 bridgehead atoms. The normalized spacial score (nSPS) is 23.2. The van der Waals surface area contributed by atoms with E-state index >= 15 is 4.39 Å². The highest BCUT2D eigenvalue weighted by atomic mass is 19.1. The molecule has 0 atom stereocenters. The van der Waals surface area contributed by atoms with Crippen molar-refractivity contribution >= 4 is 5.91 Å². The van der Waals surface area contributed by atoms with E-state index in [1.807, 2.05) is 17.7 Å². The van der Waals surface area contributed by atoms with Crippen molar-refractivity contribution < 1.29 is 14.3 Å². The number of amides is 1. The van der Waals surface area contributed by atoms with Gasteiger partial charge in [0.05, 0.1) is 23.0 Å². The zero-order valence-corrected chi connectivity index (χ0v) is 18.2. The molecule has 3 N–H and O–H groups in total. The Hall–Kier alpha value is -2.21. The van der Waals surface area contributed by atoms with Crippen molar-refractivity contribution in [3.05, 3.63) is 46.0 Å². The van der Waals surface area contributed by atoms with Crippen LogP contribution in [0.15, 0.2) is 12.1 Å². The van der Waals surface area contributed by atoms with Crippen LogP contribution < -0.4 is 5.73 Å². The molecular formula is C24H32FN3O2. The number of fused-ring (bicyclic) bond motifs is 1. The van der Waals surface area contributed by atoms with Crippen molar-refractivity contribution in [3.63, 3.8) is 0 Å². The van der Waals surface area contributed by atoms with Crippen molar-refractivity contribution in [1.29, 1.82) is 0 Å². The van der Waals surface area contributed by atoms with E-state index in [0.29, 0.717) is 23.6 Å². The number of primary amides is 1. The van der Waals surface area contributed by atoms with E-state index in [-0.39, 0.29) is 17.1 Å². The topological polar surface area (TPSA) is 81.1 Å². The quantitative estimate of drug-likeness (QED) is 0.794. The Morgan fingerprint density at radius 2 is 2.00 bits per heavy atom. The third-order valence-electron chi connectivity index (χ3n) is 6.96. The molecule has 1 aromatic heterocycles. The largest absolute Gasteiger partial charge is 0.393 e. The number of hydrogen-bond donors (Lipinski definition) is 2. The van der Waals surface area contributed by atoms with Crippen LogP contribution in [-0.2, 0) is 19.3 Å². The van der Waals surface area contributed by atoms with Crippen molar-refractivity contribution in [3.8, 4) is 5.69 Å². The van der Waals surface area contributed by atoms with Gasteiger partial charge in [-0.25, -0.2) is 9.07 Å². The summed E-state index contributed by atoms with van der Waals surface area (Å²) in [5, 5.41) is 14.5. The van der Waals surface area contributed by atoms with Crippen molar-refractivity contribution in [2.24, 2.45) is 17.1 Å². The molecule has 1 heterocycles. The number of aromatic nitrogens is 2. The number of aliphatic hydroxyl groups is 1. The Labute approximate surface area is 177 Å². The molecule has 30 heavy (non-hydrogen) atoms. The second kappa shape index (κ2) is 7.80. The number of aryl methyl sites for hydroxylation is 1. The number of carbonyl (C=O) groups excluding carboxylic acids is 1. The highest BCUT2D eigenvalue weighted by Crippen LogP contribution is 2.37. The fourth-order valence-electron chi connectivity index (χ4n) is 5.20. The molecule has 1 fully saturated rings. The molecular weight excluding hydrogens is 381 g/mol. The van der Waals surface area contributed by atoms with Crippen LogP contribution in [0.2, 0.25) is 0 Å². The first-order valence-electron chi connectivity index (χ1n) is 11.0. The molecule has 2 aliphatic rings. The molecule has 0 radical (unpaired) electrons. The summed E-state index contributed by atoms with van der Waals surface area (Å²) in [6.45, 7) is 6.51. The molecule has 0 aliphatic heterocycles. The van der Waals surface area contributed by atoms with Crippen LogP contribution in [0, 0.1) is 24.1 Å². The number of carbonyl (C=O) groups is 1. The van der Waals surface area contributed by atoms with E-state index in [4.69, 9.17) is 10.8 Å². The van der Waals surface area contributed by atoms with Gasteiger partial charge >= 0.3 is 0 Å². The number of rotatable bonds is 4. The smallest absolute Gasteiger partial charge is 0.251 e. The van der Waals surface area contributed by atoms with Crippen LogP contribution in [0.25, 0.3) is 5.69 Å². The minimum absolute atomic E-state index is 0.0112. The van der Waals surface area contributed by atoms with Crippen molar-refractivity contribution in [1.82, 2.24) is 9.78 Å². The molecule has 1 amide bonds. The van der Waals surface area contributed by atoms with Crippen LogP contribution in [-0.4, -0.2) is 26.9 Å². The minimum atomic E-state index is -0.732. The van der Waals surface area contributed by atoms with Gasteiger partial charge in [-0.15, -0.1) is 0 Å². The molecule has 162 valence electrons. The first kappa shape index (κ1) is 21.0. The maximum absolute atomic E-state index is 15.1. The van der Waals surface area contributed by atoms with Gasteiger partial charge in [0.1, 0.15) is 5.82 Å². The van der Waals surface area contributed by atoms with Gasteiger partial charge in [-0.3, -0.25) is 4.79 Å². The van der Waals surface area contributed by atoms with E-state index in [2.05, 4.69) is 13.8 Å². The molecule has 0 saturated heterocycles. The highest BCUT2D eigenvalue weighted by Gasteiger charge is 2.31. The summed E-state index contributed by atoms with van der Waals surface area (Å²) < 4.78 is 16.9. The highest BCUT2D eigenvalue weighted by molar-refractivity contribution is 5.95. The van der Waals surface area contributed by atoms with Gasteiger partial charge < -0.3 is 10.8 Å². The summed E-state index contributed by atoms with van der Waals surface area (Å²) in [7, 11) is 0. The second-order valence-corrected chi connectivity index (χ2v) is 9.97. The molecule has 6 heteroatoms. The summed E-state index contributed by atoms with van der Waals surface area (Å²) in [4.78, 5) is 12.0. The lowest BCUT2D eigenvalue weighted by Crippen LogP contribution is -2.24. The first-order chi connectivity index (χ1) is 14.1. The van der Waals surface area contributed by atoms with E-state index < -0.39 is 11.7 Å². The van der Waals surface area contributed by atoms with E-state index in [9.17, 15) is 9.90 Å². The maximum Gasteiger partial charge on any atom is 0.251 e. The second-order valence-electron chi connectivity index (χ2n) is 9.97. The van der Waals surface area contributed by atoms with Crippen LogP contribution in [0.3, 0.4) is 0 Å². The monoisotopic (exact) mass is 413 g/mol. The van der Waals surface area contributed by atoms with Crippen LogP contribution in [0.1, 0.15) is 78.8 Å². The minimum Gasteiger partial charge on any atom is -0.393 e. The molecule has 1 saturated carbocycles.